The smallest absolute Gasteiger partial charge is 0.122 e. The third-order valence-electron chi connectivity index (χ3n) is 3.45. The minimum Gasteiger partial charge on any atom is -0.496 e. The van der Waals surface area contributed by atoms with Gasteiger partial charge in [0.2, 0.25) is 0 Å². The van der Waals surface area contributed by atoms with Gasteiger partial charge in [0.05, 0.1) is 13.2 Å². The van der Waals surface area contributed by atoms with Crippen LogP contribution in [0.25, 0.3) is 0 Å². The fourth-order valence-electron chi connectivity index (χ4n) is 2.35. The summed E-state index contributed by atoms with van der Waals surface area (Å²) in [5.41, 5.74) is 7.26. The number of ether oxygens (including phenoxy) is 1. The zero-order valence-corrected chi connectivity index (χ0v) is 13.1. The monoisotopic (exact) mass is 325 g/mol. The number of nitrogens with two attached hydrogens (primary N) is 1. The van der Waals surface area contributed by atoms with Crippen molar-refractivity contribution in [3.05, 3.63) is 63.6 Å². The molecular weight excluding hydrogens is 309 g/mol. The zero-order valence-electron chi connectivity index (χ0n) is 11.6. The predicted octanol–water partition coefficient (Wildman–Crippen LogP) is 3.78. The number of hydrogen-bond acceptors (Lipinski definition) is 3. The number of aliphatic hydroxyl groups excluding tert-OH is 1. The van der Waals surface area contributed by atoms with Crippen LogP contribution in [0.2, 0.25) is 10.0 Å². The molecule has 0 fully saturated rings. The zero-order chi connectivity index (χ0) is 15.4. The highest BCUT2D eigenvalue weighted by Crippen LogP contribution is 2.38. The van der Waals surface area contributed by atoms with Gasteiger partial charge < -0.3 is 15.6 Å². The highest BCUT2D eigenvalue weighted by atomic mass is 35.5. The Balaban J connectivity index is 2.44. The molecule has 2 unspecified atom stereocenters. The maximum absolute atomic E-state index is 10.7. The fraction of sp³-hybridized carbons (Fsp3) is 0.250. The van der Waals surface area contributed by atoms with Crippen LogP contribution >= 0.6 is 23.2 Å². The topological polar surface area (TPSA) is 55.5 Å². The molecular formula is C16H17Cl2NO2. The van der Waals surface area contributed by atoms with Gasteiger partial charge in [-0.15, -0.1) is 0 Å². The Morgan fingerprint density at radius 2 is 1.86 bits per heavy atom. The van der Waals surface area contributed by atoms with Crippen LogP contribution < -0.4 is 10.5 Å². The van der Waals surface area contributed by atoms with Crippen LogP contribution in [0.3, 0.4) is 0 Å². The first-order chi connectivity index (χ1) is 10.1. The average molecular weight is 326 g/mol. The highest BCUT2D eigenvalue weighted by molar-refractivity contribution is 6.31. The van der Waals surface area contributed by atoms with E-state index in [2.05, 4.69) is 0 Å². The van der Waals surface area contributed by atoms with Gasteiger partial charge in [0.25, 0.3) is 0 Å². The van der Waals surface area contributed by atoms with Crippen molar-refractivity contribution in [2.45, 2.75) is 12.0 Å². The molecule has 2 aromatic rings. The molecule has 3 N–H and O–H groups in total. The molecule has 0 radical (unpaired) electrons. The Kier molecular flexibility index (Phi) is 5.48. The first-order valence-corrected chi connectivity index (χ1v) is 7.30. The van der Waals surface area contributed by atoms with Crippen LogP contribution in [0, 0.1) is 0 Å². The van der Waals surface area contributed by atoms with Gasteiger partial charge in [-0.3, -0.25) is 0 Å². The SMILES string of the molecule is COc1ccc(Cl)cc1C(CN)C(O)c1ccccc1Cl. The van der Waals surface area contributed by atoms with E-state index >= 15 is 0 Å². The Labute approximate surface area is 134 Å². The Morgan fingerprint density at radius 1 is 1.14 bits per heavy atom. The molecule has 0 aliphatic carbocycles. The summed E-state index contributed by atoms with van der Waals surface area (Å²) in [6.45, 7) is 0.239. The number of methoxy groups -OCH3 is 1. The normalized spacial score (nSPS) is 13.8. The minimum atomic E-state index is -0.837. The second-order valence-electron chi connectivity index (χ2n) is 4.69. The fourth-order valence-corrected chi connectivity index (χ4v) is 2.78. The molecule has 0 amide bonds. The molecule has 2 atom stereocenters. The van der Waals surface area contributed by atoms with Crippen LogP contribution in [0.1, 0.15) is 23.1 Å². The van der Waals surface area contributed by atoms with Crippen molar-refractivity contribution in [3.8, 4) is 5.75 Å². The van der Waals surface area contributed by atoms with E-state index in [0.717, 1.165) is 5.56 Å². The molecule has 2 rings (SSSR count). The lowest BCUT2D eigenvalue weighted by atomic mass is 9.88. The van der Waals surface area contributed by atoms with E-state index in [1.807, 2.05) is 12.1 Å². The van der Waals surface area contributed by atoms with E-state index in [1.165, 1.54) is 0 Å². The van der Waals surface area contributed by atoms with Gasteiger partial charge in [-0.05, 0) is 29.8 Å². The van der Waals surface area contributed by atoms with Crippen molar-refractivity contribution < 1.29 is 9.84 Å². The van der Waals surface area contributed by atoms with Gasteiger partial charge in [-0.2, -0.15) is 0 Å². The summed E-state index contributed by atoms with van der Waals surface area (Å²) in [5, 5.41) is 11.7. The summed E-state index contributed by atoms with van der Waals surface area (Å²) >= 11 is 12.2. The molecule has 0 aliphatic heterocycles. The second-order valence-corrected chi connectivity index (χ2v) is 5.54. The quantitative estimate of drug-likeness (QED) is 0.879. The molecule has 0 aliphatic rings. The van der Waals surface area contributed by atoms with E-state index in [4.69, 9.17) is 33.7 Å². The van der Waals surface area contributed by atoms with Gasteiger partial charge in [0.15, 0.2) is 0 Å². The first-order valence-electron chi connectivity index (χ1n) is 6.54. The van der Waals surface area contributed by atoms with Gasteiger partial charge in [-0.1, -0.05) is 41.4 Å². The number of rotatable bonds is 5. The van der Waals surface area contributed by atoms with Crippen LogP contribution in [0.4, 0.5) is 0 Å². The summed E-state index contributed by atoms with van der Waals surface area (Å²) < 4.78 is 5.34. The third-order valence-corrected chi connectivity index (χ3v) is 4.03. The minimum absolute atomic E-state index is 0.239. The maximum atomic E-state index is 10.7. The van der Waals surface area contributed by atoms with Gasteiger partial charge in [0, 0.05) is 28.1 Å². The van der Waals surface area contributed by atoms with Gasteiger partial charge in [-0.25, -0.2) is 0 Å². The number of benzene rings is 2. The van der Waals surface area contributed by atoms with Crippen LogP contribution in [0.15, 0.2) is 42.5 Å². The molecule has 112 valence electrons. The molecule has 0 saturated heterocycles. The number of hydrogen-bond donors (Lipinski definition) is 2. The van der Waals surface area contributed by atoms with E-state index in [9.17, 15) is 5.11 Å². The molecule has 5 heteroatoms. The maximum Gasteiger partial charge on any atom is 0.122 e. The van der Waals surface area contributed by atoms with Crippen molar-refractivity contribution in [1.82, 2.24) is 0 Å². The third kappa shape index (κ3) is 3.50. The van der Waals surface area contributed by atoms with Gasteiger partial charge >= 0.3 is 0 Å². The Bertz CT molecular complexity index is 619. The van der Waals surface area contributed by atoms with E-state index in [1.54, 1.807) is 37.4 Å². The molecule has 3 nitrogen and oxygen atoms in total. The summed E-state index contributed by atoms with van der Waals surface area (Å²) in [7, 11) is 1.57. The summed E-state index contributed by atoms with van der Waals surface area (Å²) in [6, 6.07) is 12.4. The summed E-state index contributed by atoms with van der Waals surface area (Å²) in [4.78, 5) is 0. The second kappa shape index (κ2) is 7.14. The lowest BCUT2D eigenvalue weighted by Gasteiger charge is -2.25. The molecule has 21 heavy (non-hydrogen) atoms. The highest BCUT2D eigenvalue weighted by Gasteiger charge is 2.26. The first kappa shape index (κ1) is 16.1. The van der Waals surface area contributed by atoms with Crippen LogP contribution in [-0.4, -0.2) is 18.8 Å². The molecule has 0 bridgehead atoms. The number of aliphatic hydroxyl groups is 1. The molecule has 2 aromatic carbocycles. The standard InChI is InChI=1S/C16H17Cl2NO2/c1-21-15-7-6-10(17)8-12(15)13(9-19)16(20)11-4-2-3-5-14(11)18/h2-8,13,16,20H,9,19H2,1H3. The van der Waals surface area contributed by atoms with E-state index in [-0.39, 0.29) is 12.5 Å². The molecule has 0 spiro atoms. The van der Waals surface area contributed by atoms with Crippen molar-refractivity contribution >= 4 is 23.2 Å². The van der Waals surface area contributed by atoms with Crippen molar-refractivity contribution in [3.63, 3.8) is 0 Å². The lowest BCUT2D eigenvalue weighted by molar-refractivity contribution is 0.146. The molecule has 0 heterocycles. The van der Waals surface area contributed by atoms with Gasteiger partial charge in [0.1, 0.15) is 5.75 Å². The van der Waals surface area contributed by atoms with Crippen molar-refractivity contribution in [1.29, 1.82) is 0 Å². The largest absolute Gasteiger partial charge is 0.496 e. The Hall–Kier alpha value is -1.26. The molecule has 0 saturated carbocycles. The predicted molar refractivity (Wildman–Crippen MR) is 86.2 cm³/mol. The lowest BCUT2D eigenvalue weighted by Crippen LogP contribution is -2.21. The average Bonchev–Trinajstić information content (AvgIpc) is 2.48. The van der Waals surface area contributed by atoms with Crippen molar-refractivity contribution in [2.24, 2.45) is 5.73 Å². The number of halogens is 2. The summed E-state index contributed by atoms with van der Waals surface area (Å²) in [5.74, 6) is 0.277. The van der Waals surface area contributed by atoms with Crippen LogP contribution in [-0.2, 0) is 0 Å². The summed E-state index contributed by atoms with van der Waals surface area (Å²) in [6.07, 6.45) is -0.837. The van der Waals surface area contributed by atoms with Crippen molar-refractivity contribution in [2.75, 3.05) is 13.7 Å². The van der Waals surface area contributed by atoms with E-state index in [0.29, 0.717) is 21.4 Å². The van der Waals surface area contributed by atoms with E-state index < -0.39 is 6.10 Å². The Morgan fingerprint density at radius 3 is 2.48 bits per heavy atom. The molecule has 0 aromatic heterocycles. The van der Waals surface area contributed by atoms with Crippen LogP contribution in [0.5, 0.6) is 5.75 Å².